The van der Waals surface area contributed by atoms with Crippen LogP contribution in [-0.4, -0.2) is 35.0 Å². The molecular formula is C22H20FN3O5. The summed E-state index contributed by atoms with van der Waals surface area (Å²) in [4.78, 5) is 28.9. The third-order valence-corrected chi connectivity index (χ3v) is 4.74. The molecule has 1 atom stereocenters. The van der Waals surface area contributed by atoms with Crippen LogP contribution < -0.4 is 14.8 Å². The Balaban J connectivity index is 1.30. The van der Waals surface area contributed by atoms with E-state index in [9.17, 15) is 14.0 Å². The second-order valence-corrected chi connectivity index (χ2v) is 7.03. The number of hydrogen-bond acceptors (Lipinski definition) is 7. The zero-order chi connectivity index (χ0) is 21.8. The molecule has 2 aromatic carbocycles. The van der Waals surface area contributed by atoms with Crippen LogP contribution in [0.1, 0.15) is 42.1 Å². The van der Waals surface area contributed by atoms with Gasteiger partial charge < -0.3 is 19.3 Å². The van der Waals surface area contributed by atoms with Crippen LogP contribution in [0.4, 0.5) is 4.39 Å². The Morgan fingerprint density at radius 1 is 1.06 bits per heavy atom. The van der Waals surface area contributed by atoms with Crippen LogP contribution in [0.5, 0.6) is 11.5 Å². The van der Waals surface area contributed by atoms with Crippen molar-refractivity contribution in [2.75, 3.05) is 13.2 Å². The number of benzene rings is 2. The Labute approximate surface area is 177 Å². The molecule has 0 spiro atoms. The van der Waals surface area contributed by atoms with Crippen molar-refractivity contribution in [2.24, 2.45) is 0 Å². The van der Waals surface area contributed by atoms with Crippen molar-refractivity contribution in [1.29, 1.82) is 0 Å². The number of nitrogens with zero attached hydrogens (tertiary/aromatic N) is 2. The van der Waals surface area contributed by atoms with Crippen LogP contribution in [0.15, 0.2) is 47.0 Å². The molecule has 1 aliphatic rings. The van der Waals surface area contributed by atoms with E-state index in [1.807, 2.05) is 0 Å². The number of ether oxygens (including phenoxy) is 2. The number of Topliss-reactive ketones (excluding diaryl/α,β-unsaturated/α-hetero) is 1. The van der Waals surface area contributed by atoms with Crippen molar-refractivity contribution in [1.82, 2.24) is 15.5 Å². The molecule has 2 heterocycles. The molecule has 1 aromatic heterocycles. The summed E-state index contributed by atoms with van der Waals surface area (Å²) >= 11 is 0. The number of nitrogens with one attached hydrogen (secondary N) is 1. The Morgan fingerprint density at radius 2 is 1.81 bits per heavy atom. The largest absolute Gasteiger partial charge is 0.486 e. The van der Waals surface area contributed by atoms with E-state index in [1.165, 1.54) is 24.3 Å². The normalized spacial score (nSPS) is 13.5. The fourth-order valence-corrected chi connectivity index (χ4v) is 3.09. The Bertz CT molecular complexity index is 1100. The molecule has 1 unspecified atom stereocenters. The molecule has 9 heteroatoms. The molecule has 4 rings (SSSR count). The van der Waals surface area contributed by atoms with E-state index >= 15 is 0 Å². The van der Waals surface area contributed by atoms with Gasteiger partial charge in [0.05, 0.1) is 0 Å². The van der Waals surface area contributed by atoms with Gasteiger partial charge in [0.15, 0.2) is 17.3 Å². The van der Waals surface area contributed by atoms with Gasteiger partial charge in [-0.25, -0.2) is 4.39 Å². The second-order valence-electron chi connectivity index (χ2n) is 7.03. The molecule has 1 amide bonds. The predicted molar refractivity (Wildman–Crippen MR) is 107 cm³/mol. The average molecular weight is 425 g/mol. The van der Waals surface area contributed by atoms with Gasteiger partial charge in [-0.2, -0.15) is 4.98 Å². The summed E-state index contributed by atoms with van der Waals surface area (Å²) < 4.78 is 29.2. The van der Waals surface area contributed by atoms with E-state index in [4.69, 9.17) is 14.0 Å². The number of hydrogen-bond donors (Lipinski definition) is 1. The summed E-state index contributed by atoms with van der Waals surface area (Å²) in [6, 6.07) is 10.1. The maximum Gasteiger partial charge on any atom is 0.249 e. The Hall–Kier alpha value is -3.75. The smallest absolute Gasteiger partial charge is 0.249 e. The van der Waals surface area contributed by atoms with Crippen LogP contribution in [0.3, 0.4) is 0 Å². The zero-order valence-corrected chi connectivity index (χ0v) is 16.8. The molecule has 0 saturated carbocycles. The number of carbonyl (C=O) groups excluding carboxylic acids is 2. The standard InChI is InChI=1S/C22H20FN3O5/c1-13(22-25-21(26-31-22)14-2-5-16(23)6-3-14)24-20(28)9-7-17(27)15-4-8-18-19(12-15)30-11-10-29-18/h2-6,8,12-13H,7,9-11H2,1H3,(H,24,28). The highest BCUT2D eigenvalue weighted by molar-refractivity contribution is 5.98. The Morgan fingerprint density at radius 3 is 2.58 bits per heavy atom. The maximum atomic E-state index is 13.0. The van der Waals surface area contributed by atoms with Gasteiger partial charge in [-0.3, -0.25) is 9.59 Å². The first-order valence-corrected chi connectivity index (χ1v) is 9.81. The molecule has 0 saturated heterocycles. The van der Waals surface area contributed by atoms with E-state index in [2.05, 4.69) is 15.5 Å². The predicted octanol–water partition coefficient (Wildman–Crippen LogP) is 3.49. The van der Waals surface area contributed by atoms with Crippen molar-refractivity contribution < 1.29 is 28.0 Å². The molecule has 0 fully saturated rings. The van der Waals surface area contributed by atoms with Crippen LogP contribution >= 0.6 is 0 Å². The molecule has 3 aromatic rings. The summed E-state index contributed by atoms with van der Waals surface area (Å²) in [6.07, 6.45) is 0.0550. The van der Waals surface area contributed by atoms with E-state index in [-0.39, 0.29) is 36.2 Å². The lowest BCUT2D eigenvalue weighted by molar-refractivity contribution is -0.121. The van der Waals surface area contributed by atoms with Crippen molar-refractivity contribution in [3.05, 3.63) is 59.7 Å². The molecular weight excluding hydrogens is 405 g/mol. The van der Waals surface area contributed by atoms with Gasteiger partial charge in [0.1, 0.15) is 25.1 Å². The zero-order valence-electron chi connectivity index (χ0n) is 16.8. The first-order chi connectivity index (χ1) is 15.0. The third kappa shape index (κ3) is 4.88. The highest BCUT2D eigenvalue weighted by Crippen LogP contribution is 2.31. The minimum atomic E-state index is -0.543. The van der Waals surface area contributed by atoms with Gasteiger partial charge in [-0.05, 0) is 49.4 Å². The van der Waals surface area contributed by atoms with Gasteiger partial charge in [0, 0.05) is 24.0 Å². The van der Waals surface area contributed by atoms with Gasteiger partial charge >= 0.3 is 0 Å². The third-order valence-electron chi connectivity index (χ3n) is 4.74. The van der Waals surface area contributed by atoms with Gasteiger partial charge in [0.2, 0.25) is 17.6 Å². The van der Waals surface area contributed by atoms with Crippen molar-refractivity contribution in [2.45, 2.75) is 25.8 Å². The van der Waals surface area contributed by atoms with Gasteiger partial charge in [0.25, 0.3) is 0 Å². The molecule has 1 aliphatic heterocycles. The van der Waals surface area contributed by atoms with E-state index in [0.717, 1.165) is 0 Å². The number of amides is 1. The number of ketones is 1. The minimum Gasteiger partial charge on any atom is -0.486 e. The lowest BCUT2D eigenvalue weighted by atomic mass is 10.1. The molecule has 0 aliphatic carbocycles. The highest BCUT2D eigenvalue weighted by Gasteiger charge is 2.19. The monoisotopic (exact) mass is 425 g/mol. The first-order valence-electron chi connectivity index (χ1n) is 9.81. The molecule has 0 bridgehead atoms. The summed E-state index contributed by atoms with van der Waals surface area (Å²) in [5.74, 6) is 0.795. The summed E-state index contributed by atoms with van der Waals surface area (Å²) in [6.45, 7) is 2.61. The molecule has 8 nitrogen and oxygen atoms in total. The lowest BCUT2D eigenvalue weighted by Crippen LogP contribution is -2.27. The fraction of sp³-hybridized carbons (Fsp3) is 0.273. The highest BCUT2D eigenvalue weighted by atomic mass is 19.1. The van der Waals surface area contributed by atoms with Gasteiger partial charge in [-0.1, -0.05) is 5.16 Å². The Kier molecular flexibility index (Phi) is 5.92. The first kappa shape index (κ1) is 20.5. The van der Waals surface area contributed by atoms with Crippen LogP contribution in [-0.2, 0) is 4.79 Å². The van der Waals surface area contributed by atoms with Crippen LogP contribution in [0.2, 0.25) is 0 Å². The summed E-state index contributed by atoms with van der Waals surface area (Å²) in [5.41, 5.74) is 1.06. The summed E-state index contributed by atoms with van der Waals surface area (Å²) in [7, 11) is 0. The molecule has 0 radical (unpaired) electrons. The van der Waals surface area contributed by atoms with E-state index in [1.54, 1.807) is 25.1 Å². The van der Waals surface area contributed by atoms with Crippen molar-refractivity contribution in [3.8, 4) is 22.9 Å². The lowest BCUT2D eigenvalue weighted by Gasteiger charge is -2.18. The molecule has 31 heavy (non-hydrogen) atoms. The number of carbonyl (C=O) groups is 2. The SMILES string of the molecule is CC(NC(=O)CCC(=O)c1ccc2c(c1)OCCO2)c1nc(-c2ccc(F)cc2)no1. The van der Waals surface area contributed by atoms with E-state index < -0.39 is 6.04 Å². The minimum absolute atomic E-state index is 0.0105. The van der Waals surface area contributed by atoms with Gasteiger partial charge in [-0.15, -0.1) is 0 Å². The van der Waals surface area contributed by atoms with Crippen molar-refractivity contribution in [3.63, 3.8) is 0 Å². The number of halogens is 1. The molecule has 160 valence electrons. The molecule has 1 N–H and O–H groups in total. The van der Waals surface area contributed by atoms with Crippen molar-refractivity contribution >= 4 is 11.7 Å². The van der Waals surface area contributed by atoms with Crippen LogP contribution in [0, 0.1) is 5.82 Å². The number of rotatable bonds is 7. The quantitative estimate of drug-likeness (QED) is 0.578. The fourth-order valence-electron chi connectivity index (χ4n) is 3.09. The number of fused-ring (bicyclic) bond motifs is 1. The number of aromatic nitrogens is 2. The summed E-state index contributed by atoms with van der Waals surface area (Å²) in [5, 5.41) is 6.59. The topological polar surface area (TPSA) is 104 Å². The van der Waals surface area contributed by atoms with E-state index in [0.29, 0.717) is 41.7 Å². The average Bonchev–Trinajstić information content (AvgIpc) is 3.28. The second kappa shape index (κ2) is 8.95. The van der Waals surface area contributed by atoms with Crippen LogP contribution in [0.25, 0.3) is 11.4 Å². The maximum absolute atomic E-state index is 13.0.